The van der Waals surface area contributed by atoms with Crippen LogP contribution in [0.2, 0.25) is 0 Å². The summed E-state index contributed by atoms with van der Waals surface area (Å²) < 4.78 is 5.10. The van der Waals surface area contributed by atoms with Crippen molar-refractivity contribution in [3.05, 3.63) is 29.8 Å². The summed E-state index contributed by atoms with van der Waals surface area (Å²) in [6.07, 6.45) is 0.851. The van der Waals surface area contributed by atoms with Gasteiger partial charge in [0.15, 0.2) is 0 Å². The molecule has 1 atom stereocenters. The van der Waals surface area contributed by atoms with Crippen LogP contribution in [0.15, 0.2) is 24.3 Å². The maximum absolute atomic E-state index is 12.4. The number of hydrogen-bond donors (Lipinski definition) is 0. The van der Waals surface area contributed by atoms with Crippen molar-refractivity contribution >= 4 is 11.8 Å². The van der Waals surface area contributed by atoms with Crippen LogP contribution < -0.4 is 4.74 Å². The van der Waals surface area contributed by atoms with Gasteiger partial charge >= 0.3 is 0 Å². The Morgan fingerprint density at radius 1 is 1.09 bits per heavy atom. The van der Waals surface area contributed by atoms with Gasteiger partial charge in [-0.2, -0.15) is 0 Å². The van der Waals surface area contributed by atoms with E-state index in [1.165, 1.54) is 0 Å². The Labute approximate surface area is 131 Å². The highest BCUT2D eigenvalue weighted by molar-refractivity contribution is 5.94. The van der Waals surface area contributed by atoms with Crippen LogP contribution in [0.4, 0.5) is 0 Å². The first-order chi connectivity index (χ1) is 10.6. The van der Waals surface area contributed by atoms with Gasteiger partial charge in [-0.15, -0.1) is 0 Å². The van der Waals surface area contributed by atoms with E-state index in [4.69, 9.17) is 4.74 Å². The SMILES string of the molecule is CCC(C)C(=O)N1CCN(C(=O)c2ccc(OC)cc2)CC1. The normalized spacial score (nSPS) is 16.3. The number of ether oxygens (including phenoxy) is 1. The molecule has 0 aromatic heterocycles. The van der Waals surface area contributed by atoms with Crippen molar-refractivity contribution in [2.45, 2.75) is 20.3 Å². The Kier molecular flexibility index (Phi) is 5.41. The first-order valence-electron chi connectivity index (χ1n) is 7.79. The van der Waals surface area contributed by atoms with E-state index in [-0.39, 0.29) is 17.7 Å². The molecule has 0 spiro atoms. The van der Waals surface area contributed by atoms with Crippen LogP contribution in [0.1, 0.15) is 30.6 Å². The van der Waals surface area contributed by atoms with E-state index < -0.39 is 0 Å². The lowest BCUT2D eigenvalue weighted by Crippen LogP contribution is -2.51. The molecule has 1 aromatic rings. The zero-order valence-corrected chi connectivity index (χ0v) is 13.5. The van der Waals surface area contributed by atoms with Crippen molar-refractivity contribution in [2.24, 2.45) is 5.92 Å². The van der Waals surface area contributed by atoms with Crippen LogP contribution >= 0.6 is 0 Å². The smallest absolute Gasteiger partial charge is 0.253 e. The fourth-order valence-corrected chi connectivity index (χ4v) is 2.53. The van der Waals surface area contributed by atoms with Crippen LogP contribution in [0, 0.1) is 5.92 Å². The van der Waals surface area contributed by atoms with Crippen LogP contribution in [0.3, 0.4) is 0 Å². The van der Waals surface area contributed by atoms with Gasteiger partial charge in [0, 0.05) is 37.7 Å². The van der Waals surface area contributed by atoms with Crippen molar-refractivity contribution in [1.29, 1.82) is 0 Å². The van der Waals surface area contributed by atoms with Crippen molar-refractivity contribution in [3.8, 4) is 5.75 Å². The predicted molar refractivity (Wildman–Crippen MR) is 84.9 cm³/mol. The Morgan fingerprint density at radius 3 is 2.14 bits per heavy atom. The lowest BCUT2D eigenvalue weighted by molar-refractivity contribution is -0.136. The van der Waals surface area contributed by atoms with E-state index in [1.54, 1.807) is 31.4 Å². The molecule has 1 aromatic carbocycles. The molecule has 2 amide bonds. The second kappa shape index (κ2) is 7.29. The Balaban J connectivity index is 1.93. The highest BCUT2D eigenvalue weighted by atomic mass is 16.5. The number of carbonyl (C=O) groups excluding carboxylic acids is 2. The third-order valence-electron chi connectivity index (χ3n) is 4.25. The number of nitrogens with zero attached hydrogens (tertiary/aromatic N) is 2. The first-order valence-corrected chi connectivity index (χ1v) is 7.79. The van der Waals surface area contributed by atoms with Crippen molar-refractivity contribution in [2.75, 3.05) is 33.3 Å². The van der Waals surface area contributed by atoms with E-state index in [2.05, 4.69) is 0 Å². The lowest BCUT2D eigenvalue weighted by atomic mass is 10.1. The third kappa shape index (κ3) is 3.59. The van der Waals surface area contributed by atoms with Gasteiger partial charge in [0.2, 0.25) is 5.91 Å². The van der Waals surface area contributed by atoms with Gasteiger partial charge in [-0.05, 0) is 30.7 Å². The summed E-state index contributed by atoms with van der Waals surface area (Å²) in [5.74, 6) is 1.00. The van der Waals surface area contributed by atoms with Crippen molar-refractivity contribution in [1.82, 2.24) is 9.80 Å². The first kappa shape index (κ1) is 16.3. The molecule has 1 heterocycles. The van der Waals surface area contributed by atoms with Gasteiger partial charge in [-0.3, -0.25) is 9.59 Å². The molecule has 1 unspecified atom stereocenters. The standard InChI is InChI=1S/C17H24N2O3/c1-4-13(2)16(20)18-9-11-19(12-10-18)17(21)14-5-7-15(22-3)8-6-14/h5-8,13H,4,9-12H2,1-3H3. The number of hydrogen-bond acceptors (Lipinski definition) is 3. The molecule has 0 aliphatic carbocycles. The zero-order chi connectivity index (χ0) is 16.1. The molecule has 1 aliphatic heterocycles. The molecule has 5 heteroatoms. The Hall–Kier alpha value is -2.04. The molecule has 5 nitrogen and oxygen atoms in total. The van der Waals surface area contributed by atoms with Crippen LogP contribution in [0.5, 0.6) is 5.75 Å². The largest absolute Gasteiger partial charge is 0.497 e. The van der Waals surface area contributed by atoms with E-state index in [1.807, 2.05) is 23.6 Å². The summed E-state index contributed by atoms with van der Waals surface area (Å²) in [6.45, 7) is 6.39. The second-order valence-electron chi connectivity index (χ2n) is 5.66. The maximum Gasteiger partial charge on any atom is 0.253 e. The molecule has 0 bridgehead atoms. The summed E-state index contributed by atoms with van der Waals surface area (Å²) in [6, 6.07) is 7.13. The average Bonchev–Trinajstić information content (AvgIpc) is 2.60. The van der Waals surface area contributed by atoms with E-state index >= 15 is 0 Å². The van der Waals surface area contributed by atoms with E-state index in [0.717, 1.165) is 12.2 Å². The van der Waals surface area contributed by atoms with Crippen molar-refractivity contribution < 1.29 is 14.3 Å². The van der Waals surface area contributed by atoms with Gasteiger partial charge < -0.3 is 14.5 Å². The molecule has 1 aliphatic rings. The van der Waals surface area contributed by atoms with Crippen LogP contribution in [0.25, 0.3) is 0 Å². The van der Waals surface area contributed by atoms with Gasteiger partial charge in [0.25, 0.3) is 5.91 Å². The quantitative estimate of drug-likeness (QED) is 0.855. The van der Waals surface area contributed by atoms with Crippen LogP contribution in [-0.2, 0) is 4.79 Å². The highest BCUT2D eigenvalue weighted by Crippen LogP contribution is 2.15. The molecule has 1 fully saturated rings. The summed E-state index contributed by atoms with van der Waals surface area (Å²) in [4.78, 5) is 28.3. The third-order valence-corrected chi connectivity index (χ3v) is 4.25. The number of rotatable bonds is 4. The number of carbonyl (C=O) groups is 2. The van der Waals surface area contributed by atoms with Gasteiger partial charge in [0.1, 0.15) is 5.75 Å². The fraction of sp³-hybridized carbons (Fsp3) is 0.529. The Morgan fingerprint density at radius 2 is 1.64 bits per heavy atom. The number of piperazine rings is 1. The molecule has 0 saturated carbocycles. The highest BCUT2D eigenvalue weighted by Gasteiger charge is 2.26. The number of amides is 2. The topological polar surface area (TPSA) is 49.9 Å². The lowest BCUT2D eigenvalue weighted by Gasteiger charge is -2.36. The zero-order valence-electron chi connectivity index (χ0n) is 13.5. The fourth-order valence-electron chi connectivity index (χ4n) is 2.53. The summed E-state index contributed by atoms with van der Waals surface area (Å²) >= 11 is 0. The molecule has 120 valence electrons. The molecule has 1 saturated heterocycles. The molecule has 2 rings (SSSR count). The maximum atomic E-state index is 12.4. The monoisotopic (exact) mass is 304 g/mol. The van der Waals surface area contributed by atoms with Gasteiger partial charge in [0.05, 0.1) is 7.11 Å². The van der Waals surface area contributed by atoms with Crippen molar-refractivity contribution in [3.63, 3.8) is 0 Å². The van der Waals surface area contributed by atoms with Gasteiger partial charge in [-0.1, -0.05) is 13.8 Å². The predicted octanol–water partition coefficient (Wildman–Crippen LogP) is 2.03. The average molecular weight is 304 g/mol. The number of methoxy groups -OCH3 is 1. The minimum atomic E-state index is 0.0123. The summed E-state index contributed by atoms with van der Waals surface area (Å²) in [5.41, 5.74) is 0.655. The van der Waals surface area contributed by atoms with E-state index in [0.29, 0.717) is 31.7 Å². The minimum absolute atomic E-state index is 0.0123. The number of benzene rings is 1. The van der Waals surface area contributed by atoms with Crippen LogP contribution in [-0.4, -0.2) is 54.9 Å². The summed E-state index contributed by atoms with van der Waals surface area (Å²) in [7, 11) is 1.60. The Bertz CT molecular complexity index is 519. The minimum Gasteiger partial charge on any atom is -0.497 e. The summed E-state index contributed by atoms with van der Waals surface area (Å²) in [5, 5.41) is 0. The van der Waals surface area contributed by atoms with E-state index in [9.17, 15) is 9.59 Å². The molecule has 22 heavy (non-hydrogen) atoms. The molecule has 0 radical (unpaired) electrons. The van der Waals surface area contributed by atoms with Gasteiger partial charge in [-0.25, -0.2) is 0 Å². The second-order valence-corrected chi connectivity index (χ2v) is 5.66. The molecular formula is C17H24N2O3. The molecular weight excluding hydrogens is 280 g/mol. The molecule has 0 N–H and O–H groups in total.